The van der Waals surface area contributed by atoms with E-state index in [9.17, 15) is 14.7 Å². The molecule has 0 bridgehead atoms. The van der Waals surface area contributed by atoms with Crippen molar-refractivity contribution in [2.75, 3.05) is 0 Å². The molecule has 0 atom stereocenters. The fourth-order valence-electron chi connectivity index (χ4n) is 0.814. The molecule has 68 valence electrons. The highest BCUT2D eigenvalue weighted by molar-refractivity contribution is 6.41. The number of carbonyl (C=O) groups is 2. The average molecular weight is 201 g/mol. The number of rotatable bonds is 2. The van der Waals surface area contributed by atoms with E-state index in [1.807, 2.05) is 0 Å². The van der Waals surface area contributed by atoms with Gasteiger partial charge in [0, 0.05) is 0 Å². The second kappa shape index (κ2) is 3.45. The number of hydrogen-bond donors (Lipinski definition) is 2. The largest absolute Gasteiger partial charge is 0.506 e. The Morgan fingerprint density at radius 3 is 2.46 bits per heavy atom. The number of aliphatic carboxylic acids is 1. The molecule has 1 aromatic carbocycles. The molecular formula is C8H5ClO4. The van der Waals surface area contributed by atoms with Crippen LogP contribution in [0, 0.1) is 0 Å². The number of aromatic hydroxyl groups is 1. The number of benzene rings is 1. The molecule has 13 heavy (non-hydrogen) atoms. The van der Waals surface area contributed by atoms with Crippen LogP contribution in [-0.2, 0) is 4.79 Å². The summed E-state index contributed by atoms with van der Waals surface area (Å²) < 4.78 is 0. The van der Waals surface area contributed by atoms with Gasteiger partial charge in [0.15, 0.2) is 0 Å². The number of phenols is 1. The van der Waals surface area contributed by atoms with Crippen molar-refractivity contribution in [1.29, 1.82) is 0 Å². The van der Waals surface area contributed by atoms with Gasteiger partial charge < -0.3 is 10.2 Å². The van der Waals surface area contributed by atoms with Crippen LogP contribution in [0.5, 0.6) is 5.75 Å². The van der Waals surface area contributed by atoms with Gasteiger partial charge in [-0.05, 0) is 12.1 Å². The van der Waals surface area contributed by atoms with Gasteiger partial charge in [-0.25, -0.2) is 4.79 Å². The number of halogens is 1. The minimum atomic E-state index is -1.63. The highest BCUT2D eigenvalue weighted by Crippen LogP contribution is 2.26. The second-order valence-corrected chi connectivity index (χ2v) is 2.68. The monoisotopic (exact) mass is 200 g/mol. The van der Waals surface area contributed by atoms with Crippen LogP contribution in [0.2, 0.25) is 5.02 Å². The Balaban J connectivity index is 3.23. The van der Waals surface area contributed by atoms with Crippen molar-refractivity contribution in [3.8, 4) is 5.75 Å². The van der Waals surface area contributed by atoms with E-state index in [-0.39, 0.29) is 10.6 Å². The summed E-state index contributed by atoms with van der Waals surface area (Å²) in [6, 6.07) is 3.94. The maximum absolute atomic E-state index is 10.9. The molecule has 5 heteroatoms. The van der Waals surface area contributed by atoms with Gasteiger partial charge in [-0.15, -0.1) is 0 Å². The normalized spacial score (nSPS) is 9.62. The third-order valence-corrected chi connectivity index (χ3v) is 1.73. The Bertz CT molecular complexity index is 372. The Morgan fingerprint density at radius 2 is 1.92 bits per heavy atom. The van der Waals surface area contributed by atoms with Gasteiger partial charge in [-0.2, -0.15) is 0 Å². The second-order valence-electron chi connectivity index (χ2n) is 2.27. The van der Waals surface area contributed by atoms with E-state index in [0.717, 1.165) is 0 Å². The SMILES string of the molecule is O=C(O)C(=O)c1cccc(Cl)c1O. The quantitative estimate of drug-likeness (QED) is 0.558. The number of carbonyl (C=O) groups excluding carboxylic acids is 1. The molecule has 0 spiro atoms. The summed E-state index contributed by atoms with van der Waals surface area (Å²) in [6.45, 7) is 0. The minimum Gasteiger partial charge on any atom is -0.506 e. The molecule has 0 aromatic heterocycles. The first-order valence-corrected chi connectivity index (χ1v) is 3.67. The van der Waals surface area contributed by atoms with Gasteiger partial charge in [-0.1, -0.05) is 17.7 Å². The number of carboxylic acids is 1. The van der Waals surface area contributed by atoms with Crippen LogP contribution in [0.15, 0.2) is 18.2 Å². The zero-order valence-electron chi connectivity index (χ0n) is 6.32. The Kier molecular flexibility index (Phi) is 2.53. The van der Waals surface area contributed by atoms with Gasteiger partial charge in [0.1, 0.15) is 5.75 Å². The van der Waals surface area contributed by atoms with Crippen LogP contribution in [0.3, 0.4) is 0 Å². The molecule has 0 heterocycles. The molecule has 2 N–H and O–H groups in total. The topological polar surface area (TPSA) is 74.6 Å². The van der Waals surface area contributed by atoms with E-state index in [0.29, 0.717) is 0 Å². The lowest BCUT2D eigenvalue weighted by Gasteiger charge is -2.00. The van der Waals surface area contributed by atoms with Crippen LogP contribution in [-0.4, -0.2) is 22.0 Å². The molecule has 0 aliphatic rings. The Morgan fingerprint density at radius 1 is 1.31 bits per heavy atom. The molecule has 0 aliphatic carbocycles. The molecule has 4 nitrogen and oxygen atoms in total. The van der Waals surface area contributed by atoms with Gasteiger partial charge in [0.05, 0.1) is 10.6 Å². The van der Waals surface area contributed by atoms with E-state index < -0.39 is 17.5 Å². The fraction of sp³-hybridized carbons (Fsp3) is 0. The summed E-state index contributed by atoms with van der Waals surface area (Å²) in [6.07, 6.45) is 0. The van der Waals surface area contributed by atoms with E-state index in [1.54, 1.807) is 0 Å². The lowest BCUT2D eigenvalue weighted by Crippen LogP contribution is -2.12. The summed E-state index contributed by atoms with van der Waals surface area (Å²) in [5, 5.41) is 17.5. The van der Waals surface area contributed by atoms with Crippen molar-refractivity contribution in [1.82, 2.24) is 0 Å². The van der Waals surface area contributed by atoms with Crippen LogP contribution in [0.25, 0.3) is 0 Å². The highest BCUT2D eigenvalue weighted by Gasteiger charge is 2.19. The van der Waals surface area contributed by atoms with E-state index in [1.165, 1.54) is 18.2 Å². The first-order chi connectivity index (χ1) is 6.04. The Labute approximate surface area is 78.4 Å². The zero-order valence-corrected chi connectivity index (χ0v) is 7.08. The lowest BCUT2D eigenvalue weighted by molar-refractivity contribution is -0.131. The van der Waals surface area contributed by atoms with Crippen molar-refractivity contribution in [3.05, 3.63) is 28.8 Å². The molecule has 0 saturated heterocycles. The van der Waals surface area contributed by atoms with Crippen molar-refractivity contribution in [3.63, 3.8) is 0 Å². The van der Waals surface area contributed by atoms with Crippen LogP contribution in [0.4, 0.5) is 0 Å². The number of carboxylic acid groups (broad SMARTS) is 1. The first-order valence-electron chi connectivity index (χ1n) is 3.29. The maximum atomic E-state index is 10.9. The van der Waals surface area contributed by atoms with Crippen molar-refractivity contribution in [2.24, 2.45) is 0 Å². The number of para-hydroxylation sites is 1. The van der Waals surface area contributed by atoms with Crippen LogP contribution < -0.4 is 0 Å². The molecule has 0 unspecified atom stereocenters. The summed E-state index contributed by atoms with van der Waals surface area (Å²) >= 11 is 5.47. The number of phenolic OH excluding ortho intramolecular Hbond substituents is 1. The molecule has 0 amide bonds. The molecule has 0 radical (unpaired) electrons. The number of Topliss-reactive ketones (excluding diaryl/α,β-unsaturated/α-hetero) is 1. The molecular weight excluding hydrogens is 196 g/mol. The lowest BCUT2D eigenvalue weighted by atomic mass is 10.1. The smallest absolute Gasteiger partial charge is 0.377 e. The molecule has 1 rings (SSSR count). The van der Waals surface area contributed by atoms with E-state index in [2.05, 4.69) is 0 Å². The zero-order chi connectivity index (χ0) is 10.0. The molecule has 0 aliphatic heterocycles. The summed E-state index contributed by atoms with van der Waals surface area (Å²) in [4.78, 5) is 21.2. The summed E-state index contributed by atoms with van der Waals surface area (Å²) in [7, 11) is 0. The maximum Gasteiger partial charge on any atom is 0.377 e. The predicted octanol–water partition coefficient (Wildman–Crippen LogP) is 1.31. The highest BCUT2D eigenvalue weighted by atomic mass is 35.5. The van der Waals surface area contributed by atoms with E-state index >= 15 is 0 Å². The molecule has 1 aromatic rings. The van der Waals surface area contributed by atoms with Gasteiger partial charge in [0.25, 0.3) is 5.78 Å². The summed E-state index contributed by atoms with van der Waals surface area (Å²) in [5.41, 5.74) is -0.306. The molecule has 0 fully saturated rings. The first kappa shape index (κ1) is 9.54. The van der Waals surface area contributed by atoms with Crippen molar-refractivity contribution in [2.45, 2.75) is 0 Å². The van der Waals surface area contributed by atoms with Crippen LogP contribution in [0.1, 0.15) is 10.4 Å². The third kappa shape index (κ3) is 1.78. The van der Waals surface area contributed by atoms with E-state index in [4.69, 9.17) is 16.7 Å². The minimum absolute atomic E-state index is 0.0490. The molecule has 0 saturated carbocycles. The summed E-state index contributed by atoms with van der Waals surface area (Å²) in [5.74, 6) is -3.31. The van der Waals surface area contributed by atoms with Gasteiger partial charge >= 0.3 is 5.97 Å². The standard InChI is InChI=1S/C8H5ClO4/c9-5-3-1-2-4(6(5)10)7(11)8(12)13/h1-3,10H,(H,12,13). The van der Waals surface area contributed by atoms with Crippen molar-refractivity contribution >= 4 is 23.4 Å². The van der Waals surface area contributed by atoms with Crippen molar-refractivity contribution < 1.29 is 19.8 Å². The van der Waals surface area contributed by atoms with Crippen LogP contribution >= 0.6 is 11.6 Å². The third-order valence-electron chi connectivity index (χ3n) is 1.43. The van der Waals surface area contributed by atoms with Gasteiger partial charge in [0.2, 0.25) is 0 Å². The Hall–Kier alpha value is -1.55. The fourth-order valence-corrected chi connectivity index (χ4v) is 0.988. The predicted molar refractivity (Wildman–Crippen MR) is 45.1 cm³/mol. The average Bonchev–Trinajstić information content (AvgIpc) is 2.08. The number of hydrogen-bond acceptors (Lipinski definition) is 3. The van der Waals surface area contributed by atoms with Gasteiger partial charge in [-0.3, -0.25) is 4.79 Å². The number of ketones is 1.